The monoisotopic (exact) mass is 817 g/mol. The number of aliphatic hydroxyl groups excluding tert-OH is 2. The largest absolute Gasteiger partial charge is 0.472 e. The maximum Gasteiger partial charge on any atom is 0.472 e. The highest BCUT2D eigenvalue weighted by atomic mass is 31.2. The summed E-state index contributed by atoms with van der Waals surface area (Å²) in [5.41, 5.74) is 0. The van der Waals surface area contributed by atoms with Crippen LogP contribution in [0, 0.1) is 0 Å². The second-order valence-electron chi connectivity index (χ2n) is 15.4. The highest BCUT2D eigenvalue weighted by Crippen LogP contribution is 2.43. The van der Waals surface area contributed by atoms with Gasteiger partial charge in [-0.05, 0) is 44.9 Å². The van der Waals surface area contributed by atoms with Gasteiger partial charge in [0.2, 0.25) is 0 Å². The molecule has 0 aliphatic rings. The van der Waals surface area contributed by atoms with E-state index in [1.54, 1.807) is 0 Å². The van der Waals surface area contributed by atoms with Crippen molar-refractivity contribution < 1.29 is 47.8 Å². The Balaban J connectivity index is 3.89. The van der Waals surface area contributed by atoms with Crippen LogP contribution in [0.4, 0.5) is 0 Å². The number of rotatable bonds is 43. The van der Waals surface area contributed by atoms with Crippen LogP contribution in [0.25, 0.3) is 0 Å². The lowest BCUT2D eigenvalue weighted by Crippen LogP contribution is -2.28. The fraction of sp³-hybridized carbons (Fsp3) is 0.867. The second-order valence-corrected chi connectivity index (χ2v) is 16.8. The molecule has 0 aromatic carbocycles. The van der Waals surface area contributed by atoms with Crippen LogP contribution in [0.5, 0.6) is 0 Å². The summed E-state index contributed by atoms with van der Waals surface area (Å²) in [5.74, 6) is -1.02. The Labute approximate surface area is 342 Å². The molecule has 11 heteroatoms. The standard InChI is InChI=1S/C45H85O10P/c1-3-5-7-9-11-13-15-17-19-21-23-25-27-29-31-33-35-37-45(49)55-43(39-47)41-53-56(50,51)52-40-42(38-46)54-44(48)36-34-32-30-28-26-24-22-20-18-16-14-12-10-8-6-4-2/h11,13,17,19,42-43,46-47H,3-10,12,14-16,18,20-41H2,1-2H3,(H,50,51)/b13-11-,19-17-. The third-order valence-electron chi connectivity index (χ3n) is 9.92. The van der Waals surface area contributed by atoms with E-state index in [9.17, 15) is 29.3 Å². The molecule has 0 amide bonds. The van der Waals surface area contributed by atoms with Crippen molar-refractivity contribution in [2.24, 2.45) is 0 Å². The topological polar surface area (TPSA) is 149 Å². The molecule has 3 atom stereocenters. The zero-order valence-electron chi connectivity index (χ0n) is 35.9. The molecule has 0 radical (unpaired) electrons. The summed E-state index contributed by atoms with van der Waals surface area (Å²) < 4.78 is 32.6. The molecule has 56 heavy (non-hydrogen) atoms. The highest BCUT2D eigenvalue weighted by Gasteiger charge is 2.27. The van der Waals surface area contributed by atoms with Gasteiger partial charge in [-0.1, -0.05) is 179 Å². The first kappa shape index (κ1) is 54.5. The van der Waals surface area contributed by atoms with Gasteiger partial charge in [-0.15, -0.1) is 0 Å². The van der Waals surface area contributed by atoms with E-state index in [4.69, 9.17) is 18.5 Å². The first-order valence-electron chi connectivity index (χ1n) is 22.8. The molecule has 0 aromatic heterocycles. The summed E-state index contributed by atoms with van der Waals surface area (Å²) in [5, 5.41) is 19.2. The molecule has 10 nitrogen and oxygen atoms in total. The number of carbonyl (C=O) groups is 2. The molecule has 3 N–H and O–H groups in total. The number of phosphoric ester groups is 1. The minimum atomic E-state index is -4.64. The summed E-state index contributed by atoms with van der Waals surface area (Å²) in [6.07, 6.45) is 41.4. The molecule has 0 aromatic rings. The molecular weight excluding hydrogens is 731 g/mol. The Hall–Kier alpha value is -1.55. The number of hydrogen-bond acceptors (Lipinski definition) is 9. The van der Waals surface area contributed by atoms with Gasteiger partial charge in [0, 0.05) is 12.8 Å². The number of ether oxygens (including phenoxy) is 2. The van der Waals surface area contributed by atoms with Crippen LogP contribution >= 0.6 is 7.82 Å². The van der Waals surface area contributed by atoms with Gasteiger partial charge in [0.05, 0.1) is 26.4 Å². The zero-order valence-corrected chi connectivity index (χ0v) is 36.8. The molecule has 0 spiro atoms. The van der Waals surface area contributed by atoms with Gasteiger partial charge in [-0.2, -0.15) is 0 Å². The maximum absolute atomic E-state index is 12.4. The molecule has 3 unspecified atom stereocenters. The van der Waals surface area contributed by atoms with Gasteiger partial charge < -0.3 is 24.6 Å². The van der Waals surface area contributed by atoms with Gasteiger partial charge in [0.15, 0.2) is 0 Å². The number of esters is 2. The lowest BCUT2D eigenvalue weighted by Gasteiger charge is -2.20. The maximum atomic E-state index is 12.4. The molecule has 0 rings (SSSR count). The van der Waals surface area contributed by atoms with Gasteiger partial charge in [0.25, 0.3) is 0 Å². The predicted octanol–water partition coefficient (Wildman–Crippen LogP) is 12.2. The summed E-state index contributed by atoms with van der Waals surface area (Å²) in [7, 11) is -4.64. The van der Waals surface area contributed by atoms with Crippen molar-refractivity contribution in [2.75, 3.05) is 26.4 Å². The molecule has 0 aliphatic carbocycles. The lowest BCUT2D eigenvalue weighted by atomic mass is 10.0. The molecule has 330 valence electrons. The van der Waals surface area contributed by atoms with Crippen molar-refractivity contribution in [2.45, 2.75) is 225 Å². The molecule has 0 saturated carbocycles. The first-order valence-corrected chi connectivity index (χ1v) is 24.3. The summed E-state index contributed by atoms with van der Waals surface area (Å²) in [6, 6.07) is 0. The first-order chi connectivity index (χ1) is 27.3. The number of hydrogen-bond donors (Lipinski definition) is 3. The van der Waals surface area contributed by atoms with Crippen LogP contribution < -0.4 is 0 Å². The number of phosphoric acid groups is 1. The summed E-state index contributed by atoms with van der Waals surface area (Å²) in [4.78, 5) is 34.5. The third-order valence-corrected chi connectivity index (χ3v) is 10.9. The fourth-order valence-electron chi connectivity index (χ4n) is 6.38. The minimum absolute atomic E-state index is 0.185. The Morgan fingerprint density at radius 3 is 1.14 bits per heavy atom. The Morgan fingerprint density at radius 2 is 0.786 bits per heavy atom. The average molecular weight is 817 g/mol. The van der Waals surface area contributed by atoms with Gasteiger partial charge in [-0.3, -0.25) is 18.6 Å². The predicted molar refractivity (Wildman–Crippen MR) is 228 cm³/mol. The van der Waals surface area contributed by atoms with Crippen LogP contribution in [0.2, 0.25) is 0 Å². The van der Waals surface area contributed by atoms with E-state index in [-0.39, 0.29) is 12.8 Å². The number of unbranched alkanes of at least 4 members (excludes halogenated alkanes) is 25. The van der Waals surface area contributed by atoms with E-state index in [1.165, 1.54) is 122 Å². The van der Waals surface area contributed by atoms with E-state index >= 15 is 0 Å². The van der Waals surface area contributed by atoms with E-state index in [1.807, 2.05) is 0 Å². The van der Waals surface area contributed by atoms with Gasteiger partial charge in [-0.25, -0.2) is 4.57 Å². The van der Waals surface area contributed by atoms with Crippen LogP contribution in [0.3, 0.4) is 0 Å². The smallest absolute Gasteiger partial charge is 0.457 e. The van der Waals surface area contributed by atoms with Crippen molar-refractivity contribution in [1.82, 2.24) is 0 Å². The van der Waals surface area contributed by atoms with Crippen molar-refractivity contribution in [3.05, 3.63) is 24.3 Å². The minimum Gasteiger partial charge on any atom is -0.457 e. The summed E-state index contributed by atoms with van der Waals surface area (Å²) in [6.45, 7) is 2.20. The van der Waals surface area contributed by atoms with Crippen molar-refractivity contribution in [3.63, 3.8) is 0 Å². The Bertz CT molecular complexity index is 988. The van der Waals surface area contributed by atoms with Crippen LogP contribution in [0.1, 0.15) is 213 Å². The van der Waals surface area contributed by atoms with E-state index < -0.39 is 58.4 Å². The molecule has 0 fully saturated rings. The normalized spacial score (nSPS) is 14.0. The zero-order chi connectivity index (χ0) is 41.2. The third kappa shape index (κ3) is 39.3. The highest BCUT2D eigenvalue weighted by molar-refractivity contribution is 7.47. The van der Waals surface area contributed by atoms with Crippen molar-refractivity contribution in [3.8, 4) is 0 Å². The Kier molecular flexibility index (Phi) is 40.5. The number of carbonyl (C=O) groups excluding carboxylic acids is 2. The van der Waals surface area contributed by atoms with Crippen LogP contribution in [-0.2, 0) is 32.7 Å². The molecule has 0 bridgehead atoms. The van der Waals surface area contributed by atoms with E-state index in [2.05, 4.69) is 38.2 Å². The van der Waals surface area contributed by atoms with Crippen LogP contribution in [-0.4, -0.2) is 65.7 Å². The summed E-state index contributed by atoms with van der Waals surface area (Å²) >= 11 is 0. The quantitative estimate of drug-likeness (QED) is 0.0235. The number of allylic oxidation sites excluding steroid dienone is 4. The molecule has 0 aliphatic heterocycles. The van der Waals surface area contributed by atoms with E-state index in [0.717, 1.165) is 51.4 Å². The van der Waals surface area contributed by atoms with Crippen molar-refractivity contribution >= 4 is 19.8 Å². The van der Waals surface area contributed by atoms with Gasteiger partial charge in [0.1, 0.15) is 12.2 Å². The van der Waals surface area contributed by atoms with Gasteiger partial charge >= 0.3 is 19.8 Å². The Morgan fingerprint density at radius 1 is 0.482 bits per heavy atom. The van der Waals surface area contributed by atoms with Crippen LogP contribution in [0.15, 0.2) is 24.3 Å². The van der Waals surface area contributed by atoms with E-state index in [0.29, 0.717) is 12.8 Å². The fourth-order valence-corrected chi connectivity index (χ4v) is 7.17. The number of aliphatic hydroxyl groups is 2. The second kappa shape index (κ2) is 41.6. The lowest BCUT2D eigenvalue weighted by molar-refractivity contribution is -0.153. The van der Waals surface area contributed by atoms with Crippen molar-refractivity contribution in [1.29, 1.82) is 0 Å². The molecule has 0 saturated heterocycles. The SMILES string of the molecule is CCCCC/C=C\C/C=C\CCCCCCCCCC(=O)OC(CO)COP(=O)(O)OCC(CO)OC(=O)CCCCCCCCCCCCCCCCCC. The molecular formula is C45H85O10P. The molecule has 0 heterocycles. The average Bonchev–Trinajstić information content (AvgIpc) is 3.19.